The third-order valence-corrected chi connectivity index (χ3v) is 3.15. The number of amides is 2. The van der Waals surface area contributed by atoms with Gasteiger partial charge in [-0.05, 0) is 17.9 Å². The van der Waals surface area contributed by atoms with Crippen LogP contribution < -0.4 is 10.6 Å². The summed E-state index contributed by atoms with van der Waals surface area (Å²) in [7, 11) is 0. The molecule has 0 aromatic carbocycles. The van der Waals surface area contributed by atoms with Crippen LogP contribution in [-0.2, 0) is 9.59 Å². The van der Waals surface area contributed by atoms with Crippen molar-refractivity contribution in [2.75, 3.05) is 6.54 Å². The number of carbonyl (C=O) groups excluding carboxylic acids is 2. The lowest BCUT2D eigenvalue weighted by Crippen LogP contribution is -2.41. The van der Waals surface area contributed by atoms with Crippen LogP contribution in [0.5, 0.6) is 0 Å². The van der Waals surface area contributed by atoms with Crippen molar-refractivity contribution in [3.05, 3.63) is 22.4 Å². The molecule has 3 N–H and O–H groups in total. The van der Waals surface area contributed by atoms with Crippen molar-refractivity contribution in [3.8, 4) is 0 Å². The molecule has 0 radical (unpaired) electrons. The standard InChI is InChI=1S/C12H16N2O4S/c1-2-9(12(17)18)14-10(15)3-5-13-11(16)8-4-6-19-7-8/h4,6-7,9H,2-3,5H2,1H3,(H,13,16)(H,14,15)(H,17,18)/t9-/m0/s1. The van der Waals surface area contributed by atoms with Crippen LogP contribution in [0.4, 0.5) is 0 Å². The summed E-state index contributed by atoms with van der Waals surface area (Å²) in [6, 6.07) is 0.817. The highest BCUT2D eigenvalue weighted by molar-refractivity contribution is 7.08. The molecule has 19 heavy (non-hydrogen) atoms. The highest BCUT2D eigenvalue weighted by Crippen LogP contribution is 2.05. The summed E-state index contributed by atoms with van der Waals surface area (Å²) < 4.78 is 0. The maximum atomic E-state index is 11.5. The molecule has 6 nitrogen and oxygen atoms in total. The number of rotatable bonds is 7. The van der Waals surface area contributed by atoms with E-state index in [1.807, 2.05) is 0 Å². The maximum Gasteiger partial charge on any atom is 0.326 e. The minimum Gasteiger partial charge on any atom is -0.480 e. The van der Waals surface area contributed by atoms with Gasteiger partial charge in [-0.15, -0.1) is 0 Å². The molecule has 0 aliphatic rings. The zero-order valence-electron chi connectivity index (χ0n) is 10.5. The quantitative estimate of drug-likeness (QED) is 0.691. The number of carboxylic acid groups (broad SMARTS) is 1. The van der Waals surface area contributed by atoms with Gasteiger partial charge in [0.15, 0.2) is 0 Å². The highest BCUT2D eigenvalue weighted by atomic mass is 32.1. The van der Waals surface area contributed by atoms with E-state index in [0.717, 1.165) is 0 Å². The second-order valence-electron chi connectivity index (χ2n) is 3.88. The van der Waals surface area contributed by atoms with Crippen LogP contribution in [0.2, 0.25) is 0 Å². The van der Waals surface area contributed by atoms with E-state index < -0.39 is 12.0 Å². The van der Waals surface area contributed by atoms with E-state index in [0.29, 0.717) is 12.0 Å². The number of carbonyl (C=O) groups is 3. The van der Waals surface area contributed by atoms with E-state index in [4.69, 9.17) is 5.11 Å². The Hall–Kier alpha value is -1.89. The largest absolute Gasteiger partial charge is 0.480 e. The normalized spacial score (nSPS) is 11.6. The molecule has 104 valence electrons. The third kappa shape index (κ3) is 5.09. The van der Waals surface area contributed by atoms with Gasteiger partial charge in [-0.1, -0.05) is 6.92 Å². The first-order valence-electron chi connectivity index (χ1n) is 5.87. The highest BCUT2D eigenvalue weighted by Gasteiger charge is 2.17. The Balaban J connectivity index is 2.27. The maximum absolute atomic E-state index is 11.5. The van der Waals surface area contributed by atoms with Crippen LogP contribution >= 0.6 is 11.3 Å². The number of carboxylic acids is 1. The second-order valence-corrected chi connectivity index (χ2v) is 4.66. The summed E-state index contributed by atoms with van der Waals surface area (Å²) in [6.45, 7) is 1.86. The summed E-state index contributed by atoms with van der Waals surface area (Å²) in [5, 5.41) is 17.3. The Morgan fingerprint density at radius 3 is 2.68 bits per heavy atom. The van der Waals surface area contributed by atoms with Gasteiger partial charge in [-0.3, -0.25) is 9.59 Å². The van der Waals surface area contributed by atoms with Crippen LogP contribution in [0.15, 0.2) is 16.8 Å². The summed E-state index contributed by atoms with van der Waals surface area (Å²) in [4.78, 5) is 33.7. The van der Waals surface area contributed by atoms with Crippen molar-refractivity contribution in [1.82, 2.24) is 10.6 Å². The fourth-order valence-electron chi connectivity index (χ4n) is 1.39. The van der Waals surface area contributed by atoms with Crippen LogP contribution in [0.25, 0.3) is 0 Å². The summed E-state index contributed by atoms with van der Waals surface area (Å²) in [6.07, 6.45) is 0.377. The van der Waals surface area contributed by atoms with Crippen LogP contribution in [0.1, 0.15) is 30.1 Å². The lowest BCUT2D eigenvalue weighted by Gasteiger charge is -2.12. The fraction of sp³-hybridized carbons (Fsp3) is 0.417. The zero-order chi connectivity index (χ0) is 14.3. The molecule has 0 aliphatic carbocycles. The predicted molar refractivity (Wildman–Crippen MR) is 71.1 cm³/mol. The Bertz CT molecular complexity index is 445. The van der Waals surface area contributed by atoms with Gasteiger partial charge >= 0.3 is 5.97 Å². The minimum atomic E-state index is -1.06. The van der Waals surface area contributed by atoms with Gasteiger partial charge in [-0.25, -0.2) is 4.79 Å². The molecule has 1 aromatic rings. The van der Waals surface area contributed by atoms with E-state index in [1.54, 1.807) is 23.8 Å². The smallest absolute Gasteiger partial charge is 0.326 e. The number of aliphatic carboxylic acids is 1. The first-order valence-corrected chi connectivity index (χ1v) is 6.81. The van der Waals surface area contributed by atoms with Gasteiger partial charge in [-0.2, -0.15) is 11.3 Å². The molecule has 2 amide bonds. The van der Waals surface area contributed by atoms with Crippen LogP contribution in [0.3, 0.4) is 0 Å². The molecular formula is C12H16N2O4S. The van der Waals surface area contributed by atoms with Gasteiger partial charge in [0.25, 0.3) is 5.91 Å². The van der Waals surface area contributed by atoms with Gasteiger partial charge in [0.2, 0.25) is 5.91 Å². The van der Waals surface area contributed by atoms with Crippen molar-refractivity contribution in [3.63, 3.8) is 0 Å². The Morgan fingerprint density at radius 2 is 2.16 bits per heavy atom. The van der Waals surface area contributed by atoms with Crippen molar-refractivity contribution >= 4 is 29.1 Å². The van der Waals surface area contributed by atoms with E-state index in [-0.39, 0.29) is 24.8 Å². The van der Waals surface area contributed by atoms with E-state index in [1.165, 1.54) is 11.3 Å². The Kier molecular flexibility index (Phi) is 6.01. The lowest BCUT2D eigenvalue weighted by atomic mass is 10.2. The average Bonchev–Trinajstić information content (AvgIpc) is 2.89. The van der Waals surface area contributed by atoms with Crippen molar-refractivity contribution < 1.29 is 19.5 Å². The molecule has 0 aliphatic heterocycles. The van der Waals surface area contributed by atoms with Crippen molar-refractivity contribution in [2.45, 2.75) is 25.8 Å². The molecule has 0 unspecified atom stereocenters. The first kappa shape index (κ1) is 15.2. The first-order chi connectivity index (χ1) is 9.04. The number of thiophene rings is 1. The lowest BCUT2D eigenvalue weighted by molar-refractivity contribution is -0.141. The Morgan fingerprint density at radius 1 is 1.42 bits per heavy atom. The monoisotopic (exact) mass is 284 g/mol. The van der Waals surface area contributed by atoms with Gasteiger partial charge in [0.05, 0.1) is 0 Å². The van der Waals surface area contributed by atoms with Gasteiger partial charge in [0.1, 0.15) is 6.04 Å². The molecule has 1 heterocycles. The average molecular weight is 284 g/mol. The molecule has 0 bridgehead atoms. The summed E-state index contributed by atoms with van der Waals surface area (Å²) in [5.74, 6) is -1.68. The molecule has 7 heteroatoms. The molecule has 0 saturated heterocycles. The summed E-state index contributed by atoms with van der Waals surface area (Å²) >= 11 is 1.42. The molecule has 0 saturated carbocycles. The SMILES string of the molecule is CC[C@H](NC(=O)CCNC(=O)c1ccsc1)C(=O)O. The fourth-order valence-corrected chi connectivity index (χ4v) is 2.03. The predicted octanol–water partition coefficient (Wildman–Crippen LogP) is 0.847. The Labute approximate surface area is 114 Å². The van der Waals surface area contributed by atoms with Crippen molar-refractivity contribution in [1.29, 1.82) is 0 Å². The van der Waals surface area contributed by atoms with E-state index >= 15 is 0 Å². The van der Waals surface area contributed by atoms with E-state index in [9.17, 15) is 14.4 Å². The zero-order valence-corrected chi connectivity index (χ0v) is 11.3. The molecule has 1 aromatic heterocycles. The number of nitrogens with one attached hydrogen (secondary N) is 2. The topological polar surface area (TPSA) is 95.5 Å². The minimum absolute atomic E-state index is 0.0552. The second kappa shape index (κ2) is 7.52. The summed E-state index contributed by atoms with van der Waals surface area (Å²) in [5.41, 5.74) is 0.558. The molecule has 1 rings (SSSR count). The molecular weight excluding hydrogens is 268 g/mol. The van der Waals surface area contributed by atoms with Gasteiger partial charge in [0, 0.05) is 23.9 Å². The van der Waals surface area contributed by atoms with Crippen molar-refractivity contribution in [2.24, 2.45) is 0 Å². The number of hydrogen-bond acceptors (Lipinski definition) is 4. The van der Waals surface area contributed by atoms with Crippen LogP contribution in [0, 0.1) is 0 Å². The molecule has 0 spiro atoms. The van der Waals surface area contributed by atoms with E-state index in [2.05, 4.69) is 10.6 Å². The number of hydrogen-bond donors (Lipinski definition) is 3. The third-order valence-electron chi connectivity index (χ3n) is 2.46. The van der Waals surface area contributed by atoms with Crippen LogP contribution in [-0.4, -0.2) is 35.5 Å². The van der Waals surface area contributed by atoms with Gasteiger partial charge < -0.3 is 15.7 Å². The molecule has 1 atom stereocenters. The molecule has 0 fully saturated rings.